The molecule has 0 unspecified atom stereocenters. The lowest BCUT2D eigenvalue weighted by molar-refractivity contribution is -0.0551. The van der Waals surface area contributed by atoms with Crippen molar-refractivity contribution in [2.45, 2.75) is 25.0 Å². The zero-order valence-electron chi connectivity index (χ0n) is 11.6. The molecule has 102 valence electrons. The van der Waals surface area contributed by atoms with Gasteiger partial charge in [0.25, 0.3) is 0 Å². The highest BCUT2D eigenvalue weighted by Crippen LogP contribution is 2.44. The standard InChI is InChI=1S/C18H19NO/c1-2-7-16(8-3-1)19-12-10-18(11-13-19)17-9-5-4-6-15(17)14-20-18/h1-9H,10-14H2. The monoisotopic (exact) mass is 265 g/mol. The van der Waals surface area contributed by atoms with E-state index in [0.29, 0.717) is 0 Å². The first kappa shape index (κ1) is 12.0. The number of hydrogen-bond donors (Lipinski definition) is 0. The molecule has 4 rings (SSSR count). The molecule has 2 nitrogen and oxygen atoms in total. The van der Waals surface area contributed by atoms with E-state index in [0.717, 1.165) is 32.5 Å². The van der Waals surface area contributed by atoms with Crippen LogP contribution >= 0.6 is 0 Å². The van der Waals surface area contributed by atoms with Gasteiger partial charge in [0.15, 0.2) is 0 Å². The number of para-hydroxylation sites is 1. The van der Waals surface area contributed by atoms with Crippen molar-refractivity contribution < 1.29 is 4.74 Å². The molecule has 2 aliphatic rings. The van der Waals surface area contributed by atoms with E-state index in [1.807, 2.05) is 0 Å². The maximum Gasteiger partial charge on any atom is 0.0973 e. The minimum Gasteiger partial charge on any atom is -0.371 e. The van der Waals surface area contributed by atoms with Crippen LogP contribution in [-0.2, 0) is 16.9 Å². The van der Waals surface area contributed by atoms with Gasteiger partial charge in [0.1, 0.15) is 0 Å². The largest absolute Gasteiger partial charge is 0.371 e. The third kappa shape index (κ3) is 1.83. The van der Waals surface area contributed by atoms with E-state index in [2.05, 4.69) is 59.5 Å². The molecule has 0 radical (unpaired) electrons. The Labute approximate surface area is 120 Å². The average molecular weight is 265 g/mol. The molecule has 2 heteroatoms. The van der Waals surface area contributed by atoms with Crippen molar-refractivity contribution >= 4 is 5.69 Å². The Kier molecular flexibility index (Phi) is 2.78. The Hall–Kier alpha value is -1.80. The molecule has 0 amide bonds. The molecular weight excluding hydrogens is 246 g/mol. The van der Waals surface area contributed by atoms with Crippen molar-refractivity contribution in [1.82, 2.24) is 0 Å². The van der Waals surface area contributed by atoms with Crippen molar-refractivity contribution in [3.8, 4) is 0 Å². The highest BCUT2D eigenvalue weighted by Gasteiger charge is 2.42. The van der Waals surface area contributed by atoms with Crippen LogP contribution < -0.4 is 4.90 Å². The molecular formula is C18H19NO. The summed E-state index contributed by atoms with van der Waals surface area (Å²) in [6.07, 6.45) is 2.16. The molecule has 1 fully saturated rings. The zero-order valence-corrected chi connectivity index (χ0v) is 11.6. The summed E-state index contributed by atoms with van der Waals surface area (Å²) in [5.41, 5.74) is 4.10. The second-order valence-electron chi connectivity index (χ2n) is 5.76. The maximum absolute atomic E-state index is 6.21. The summed E-state index contributed by atoms with van der Waals surface area (Å²) in [6, 6.07) is 19.4. The fourth-order valence-corrected chi connectivity index (χ4v) is 3.56. The Morgan fingerprint density at radius 3 is 2.35 bits per heavy atom. The first-order valence-electron chi connectivity index (χ1n) is 7.40. The molecule has 2 aromatic carbocycles. The van der Waals surface area contributed by atoms with Crippen LogP contribution in [0.3, 0.4) is 0 Å². The van der Waals surface area contributed by atoms with Crippen LogP contribution in [0, 0.1) is 0 Å². The highest BCUT2D eigenvalue weighted by atomic mass is 16.5. The maximum atomic E-state index is 6.21. The first-order chi connectivity index (χ1) is 9.87. The fourth-order valence-electron chi connectivity index (χ4n) is 3.56. The van der Waals surface area contributed by atoms with Crippen molar-refractivity contribution in [2.24, 2.45) is 0 Å². The van der Waals surface area contributed by atoms with Gasteiger partial charge in [-0.3, -0.25) is 0 Å². The van der Waals surface area contributed by atoms with Gasteiger partial charge in [-0.15, -0.1) is 0 Å². The average Bonchev–Trinajstić information content (AvgIpc) is 2.88. The van der Waals surface area contributed by atoms with Crippen molar-refractivity contribution in [1.29, 1.82) is 0 Å². The van der Waals surface area contributed by atoms with Crippen LogP contribution in [0.5, 0.6) is 0 Å². The van der Waals surface area contributed by atoms with Gasteiger partial charge >= 0.3 is 0 Å². The number of rotatable bonds is 1. The van der Waals surface area contributed by atoms with Gasteiger partial charge in [0, 0.05) is 18.8 Å². The van der Waals surface area contributed by atoms with Gasteiger partial charge in [-0.25, -0.2) is 0 Å². The van der Waals surface area contributed by atoms with E-state index in [1.165, 1.54) is 16.8 Å². The van der Waals surface area contributed by atoms with Gasteiger partial charge in [-0.2, -0.15) is 0 Å². The van der Waals surface area contributed by atoms with Crippen LogP contribution in [0.2, 0.25) is 0 Å². The zero-order chi connectivity index (χ0) is 13.4. The summed E-state index contributed by atoms with van der Waals surface area (Å²) in [7, 11) is 0. The Morgan fingerprint density at radius 2 is 1.55 bits per heavy atom. The Bertz CT molecular complexity index is 600. The number of anilines is 1. The summed E-state index contributed by atoms with van der Waals surface area (Å²) in [5.74, 6) is 0. The van der Waals surface area contributed by atoms with Gasteiger partial charge in [0.2, 0.25) is 0 Å². The summed E-state index contributed by atoms with van der Waals surface area (Å²) in [6.45, 7) is 2.91. The van der Waals surface area contributed by atoms with Gasteiger partial charge in [-0.05, 0) is 36.1 Å². The first-order valence-corrected chi connectivity index (χ1v) is 7.40. The van der Waals surface area contributed by atoms with E-state index in [9.17, 15) is 0 Å². The van der Waals surface area contributed by atoms with E-state index in [4.69, 9.17) is 4.74 Å². The summed E-state index contributed by atoms with van der Waals surface area (Å²) < 4.78 is 6.21. The molecule has 0 aliphatic carbocycles. The lowest BCUT2D eigenvalue weighted by Gasteiger charge is -2.40. The van der Waals surface area contributed by atoms with Crippen LogP contribution in [0.25, 0.3) is 0 Å². The molecule has 0 atom stereocenters. The minimum absolute atomic E-state index is 0.0259. The number of nitrogens with zero attached hydrogens (tertiary/aromatic N) is 1. The highest BCUT2D eigenvalue weighted by molar-refractivity contribution is 5.47. The predicted molar refractivity (Wildman–Crippen MR) is 80.8 cm³/mol. The van der Waals surface area contributed by atoms with E-state index < -0.39 is 0 Å². The van der Waals surface area contributed by atoms with Crippen molar-refractivity contribution in [3.63, 3.8) is 0 Å². The smallest absolute Gasteiger partial charge is 0.0973 e. The van der Waals surface area contributed by atoms with Crippen LogP contribution in [0.15, 0.2) is 54.6 Å². The SMILES string of the molecule is c1ccc(N2CCC3(CC2)OCc2ccccc23)cc1. The topological polar surface area (TPSA) is 12.5 Å². The summed E-state index contributed by atoms with van der Waals surface area (Å²) in [4.78, 5) is 2.47. The van der Waals surface area contributed by atoms with E-state index in [-0.39, 0.29) is 5.60 Å². The third-order valence-electron chi connectivity index (χ3n) is 4.70. The van der Waals surface area contributed by atoms with Gasteiger partial charge < -0.3 is 9.64 Å². The van der Waals surface area contributed by atoms with Crippen molar-refractivity contribution in [2.75, 3.05) is 18.0 Å². The molecule has 0 aromatic heterocycles. The van der Waals surface area contributed by atoms with Crippen LogP contribution in [0.1, 0.15) is 24.0 Å². The molecule has 20 heavy (non-hydrogen) atoms. The normalized spacial score (nSPS) is 20.1. The predicted octanol–water partition coefficient (Wildman–Crippen LogP) is 3.71. The number of piperidine rings is 1. The van der Waals surface area contributed by atoms with E-state index in [1.54, 1.807) is 0 Å². The lowest BCUT2D eigenvalue weighted by Crippen LogP contribution is -2.42. The molecule has 0 N–H and O–H groups in total. The second kappa shape index (κ2) is 4.64. The van der Waals surface area contributed by atoms with Gasteiger partial charge in [-0.1, -0.05) is 42.5 Å². The Morgan fingerprint density at radius 1 is 0.850 bits per heavy atom. The quantitative estimate of drug-likeness (QED) is 0.779. The number of fused-ring (bicyclic) bond motifs is 2. The van der Waals surface area contributed by atoms with Crippen molar-refractivity contribution in [3.05, 3.63) is 65.7 Å². The van der Waals surface area contributed by atoms with Crippen LogP contribution in [-0.4, -0.2) is 13.1 Å². The third-order valence-corrected chi connectivity index (χ3v) is 4.70. The summed E-state index contributed by atoms with van der Waals surface area (Å²) >= 11 is 0. The number of hydrogen-bond acceptors (Lipinski definition) is 2. The molecule has 2 aromatic rings. The Balaban J connectivity index is 1.56. The molecule has 2 aliphatic heterocycles. The molecule has 2 heterocycles. The molecule has 1 saturated heterocycles. The fraction of sp³-hybridized carbons (Fsp3) is 0.333. The second-order valence-corrected chi connectivity index (χ2v) is 5.76. The lowest BCUT2D eigenvalue weighted by atomic mass is 9.83. The molecule has 1 spiro atoms. The summed E-state index contributed by atoms with van der Waals surface area (Å²) in [5, 5.41) is 0. The van der Waals surface area contributed by atoms with Gasteiger partial charge in [0.05, 0.1) is 12.2 Å². The number of benzene rings is 2. The molecule has 0 bridgehead atoms. The molecule has 0 saturated carbocycles. The van der Waals surface area contributed by atoms with Crippen LogP contribution in [0.4, 0.5) is 5.69 Å². The minimum atomic E-state index is -0.0259. The van der Waals surface area contributed by atoms with E-state index >= 15 is 0 Å². The number of ether oxygens (including phenoxy) is 1.